The molecule has 2 N–H and O–H groups in total. The summed E-state index contributed by atoms with van der Waals surface area (Å²) in [6, 6.07) is 2.73. The first-order valence-corrected chi connectivity index (χ1v) is 5.02. The van der Waals surface area contributed by atoms with Crippen LogP contribution < -0.4 is 5.73 Å². The molecule has 0 aliphatic carbocycles. The number of ether oxygens (including phenoxy) is 1. The lowest BCUT2D eigenvalue weighted by molar-refractivity contribution is -0.144. The predicted octanol–water partition coefficient (Wildman–Crippen LogP) is 1.96. The van der Waals surface area contributed by atoms with E-state index < -0.39 is 12.0 Å². The predicted molar refractivity (Wildman–Crippen MR) is 52.9 cm³/mol. The Morgan fingerprint density at radius 1 is 1.77 bits per heavy atom. The number of thiophene rings is 1. The van der Waals surface area contributed by atoms with E-state index >= 15 is 0 Å². The molecule has 72 valence electrons. The first-order valence-electron chi connectivity index (χ1n) is 3.82. The van der Waals surface area contributed by atoms with E-state index in [2.05, 4.69) is 0 Å². The number of nitrogens with two attached hydrogens (primary N) is 1. The summed E-state index contributed by atoms with van der Waals surface area (Å²) in [5.74, 6) is -0.416. The summed E-state index contributed by atoms with van der Waals surface area (Å²) in [5.41, 5.74) is 5.62. The van der Waals surface area contributed by atoms with Gasteiger partial charge in [0.15, 0.2) is 0 Å². The highest BCUT2D eigenvalue weighted by Crippen LogP contribution is 2.26. The topological polar surface area (TPSA) is 52.3 Å². The van der Waals surface area contributed by atoms with Crippen molar-refractivity contribution >= 4 is 28.9 Å². The Morgan fingerprint density at radius 3 is 2.92 bits per heavy atom. The molecule has 5 heteroatoms. The normalized spacial score (nSPS) is 12.5. The molecule has 0 bridgehead atoms. The van der Waals surface area contributed by atoms with Crippen LogP contribution in [0.25, 0.3) is 0 Å². The summed E-state index contributed by atoms with van der Waals surface area (Å²) in [5, 5.41) is 0. The smallest absolute Gasteiger partial charge is 0.328 e. The van der Waals surface area contributed by atoms with Crippen molar-refractivity contribution in [2.24, 2.45) is 5.73 Å². The Labute approximate surface area is 85.4 Å². The lowest BCUT2D eigenvalue weighted by Crippen LogP contribution is -2.22. The molecule has 0 aliphatic heterocycles. The lowest BCUT2D eigenvalue weighted by Gasteiger charge is -2.07. The maximum Gasteiger partial charge on any atom is 0.328 e. The first kappa shape index (κ1) is 10.5. The molecule has 1 aromatic heterocycles. The zero-order chi connectivity index (χ0) is 9.84. The summed E-state index contributed by atoms with van der Waals surface area (Å²) in [7, 11) is 0. The molecule has 1 atom stereocenters. The van der Waals surface area contributed by atoms with Gasteiger partial charge in [0.05, 0.1) is 10.9 Å². The van der Waals surface area contributed by atoms with Gasteiger partial charge in [-0.2, -0.15) is 0 Å². The van der Waals surface area contributed by atoms with Crippen LogP contribution in [-0.4, -0.2) is 12.6 Å². The average Bonchev–Trinajstić information content (AvgIpc) is 2.51. The zero-order valence-electron chi connectivity index (χ0n) is 7.12. The quantitative estimate of drug-likeness (QED) is 0.791. The van der Waals surface area contributed by atoms with Gasteiger partial charge in [-0.05, 0) is 19.1 Å². The van der Waals surface area contributed by atoms with Crippen LogP contribution in [0, 0.1) is 0 Å². The third-order valence-corrected chi connectivity index (χ3v) is 2.76. The Balaban J connectivity index is 2.67. The van der Waals surface area contributed by atoms with Gasteiger partial charge in [-0.15, -0.1) is 11.3 Å². The minimum atomic E-state index is -0.711. The standard InChI is InChI=1S/C8H10ClNO2S/c1-2-12-8(11)7(10)5-3-4-6(9)13-5/h3-4,7H,2,10H2,1H3. The summed E-state index contributed by atoms with van der Waals surface area (Å²) in [6.45, 7) is 2.08. The summed E-state index contributed by atoms with van der Waals surface area (Å²) >= 11 is 6.99. The van der Waals surface area contributed by atoms with Crippen molar-refractivity contribution in [3.63, 3.8) is 0 Å². The van der Waals surface area contributed by atoms with E-state index in [1.807, 2.05) is 0 Å². The van der Waals surface area contributed by atoms with Gasteiger partial charge in [0.25, 0.3) is 0 Å². The molecule has 1 heterocycles. The van der Waals surface area contributed by atoms with Gasteiger partial charge in [0.2, 0.25) is 0 Å². The molecule has 0 aromatic carbocycles. The molecule has 0 spiro atoms. The highest BCUT2D eigenvalue weighted by Gasteiger charge is 2.18. The van der Waals surface area contributed by atoms with E-state index in [0.717, 1.165) is 4.88 Å². The van der Waals surface area contributed by atoms with E-state index in [9.17, 15) is 4.79 Å². The minimum Gasteiger partial charge on any atom is -0.465 e. The van der Waals surface area contributed by atoms with Crippen LogP contribution >= 0.6 is 22.9 Å². The van der Waals surface area contributed by atoms with Crippen molar-refractivity contribution in [2.75, 3.05) is 6.61 Å². The highest BCUT2D eigenvalue weighted by atomic mass is 35.5. The number of rotatable bonds is 3. The summed E-state index contributed by atoms with van der Waals surface area (Å²) < 4.78 is 5.39. The monoisotopic (exact) mass is 219 g/mol. The Hall–Kier alpha value is -0.580. The second-order valence-corrected chi connectivity index (χ2v) is 4.12. The molecular weight excluding hydrogens is 210 g/mol. The second-order valence-electron chi connectivity index (χ2n) is 2.37. The molecule has 0 saturated heterocycles. The molecule has 0 aliphatic rings. The van der Waals surface area contributed by atoms with Gasteiger partial charge >= 0.3 is 5.97 Å². The molecule has 1 aromatic rings. The molecular formula is C8H10ClNO2S. The van der Waals surface area contributed by atoms with E-state index in [4.69, 9.17) is 22.1 Å². The third-order valence-electron chi connectivity index (χ3n) is 1.44. The fourth-order valence-electron chi connectivity index (χ4n) is 0.844. The number of hydrogen-bond donors (Lipinski definition) is 1. The Kier molecular flexibility index (Phi) is 3.71. The Bertz CT molecular complexity index is 300. The summed E-state index contributed by atoms with van der Waals surface area (Å²) in [4.78, 5) is 11.9. The van der Waals surface area contributed by atoms with Crippen LogP contribution in [-0.2, 0) is 9.53 Å². The van der Waals surface area contributed by atoms with Crippen molar-refractivity contribution in [3.05, 3.63) is 21.3 Å². The van der Waals surface area contributed by atoms with Crippen molar-refractivity contribution in [2.45, 2.75) is 13.0 Å². The fraction of sp³-hybridized carbons (Fsp3) is 0.375. The molecule has 3 nitrogen and oxygen atoms in total. The van der Waals surface area contributed by atoms with Crippen molar-refractivity contribution in [3.8, 4) is 0 Å². The van der Waals surface area contributed by atoms with E-state index in [0.29, 0.717) is 10.9 Å². The lowest BCUT2D eigenvalue weighted by atomic mass is 10.2. The average molecular weight is 220 g/mol. The van der Waals surface area contributed by atoms with Crippen molar-refractivity contribution in [1.29, 1.82) is 0 Å². The highest BCUT2D eigenvalue weighted by molar-refractivity contribution is 7.16. The van der Waals surface area contributed by atoms with E-state index in [-0.39, 0.29) is 0 Å². The molecule has 0 radical (unpaired) electrons. The third kappa shape index (κ3) is 2.69. The molecule has 1 rings (SSSR count). The van der Waals surface area contributed by atoms with Gasteiger partial charge in [-0.3, -0.25) is 0 Å². The van der Waals surface area contributed by atoms with Gasteiger partial charge in [0.1, 0.15) is 6.04 Å². The van der Waals surface area contributed by atoms with Gasteiger partial charge in [-0.1, -0.05) is 11.6 Å². The molecule has 13 heavy (non-hydrogen) atoms. The first-order chi connectivity index (χ1) is 6.15. The minimum absolute atomic E-state index is 0.339. The van der Waals surface area contributed by atoms with Gasteiger partial charge in [0, 0.05) is 4.88 Å². The van der Waals surface area contributed by atoms with E-state index in [1.54, 1.807) is 19.1 Å². The van der Waals surface area contributed by atoms with E-state index in [1.165, 1.54) is 11.3 Å². The van der Waals surface area contributed by atoms with Gasteiger partial charge < -0.3 is 10.5 Å². The second kappa shape index (κ2) is 4.60. The zero-order valence-corrected chi connectivity index (χ0v) is 8.69. The Morgan fingerprint density at radius 2 is 2.46 bits per heavy atom. The van der Waals surface area contributed by atoms with Crippen LogP contribution in [0.3, 0.4) is 0 Å². The molecule has 0 amide bonds. The largest absolute Gasteiger partial charge is 0.465 e. The maximum absolute atomic E-state index is 11.2. The van der Waals surface area contributed by atoms with Crippen LogP contribution in [0.1, 0.15) is 17.8 Å². The van der Waals surface area contributed by atoms with Crippen molar-refractivity contribution in [1.82, 2.24) is 0 Å². The number of esters is 1. The number of carbonyl (C=O) groups excluding carboxylic acids is 1. The maximum atomic E-state index is 11.2. The van der Waals surface area contributed by atoms with Crippen molar-refractivity contribution < 1.29 is 9.53 Å². The fourth-order valence-corrected chi connectivity index (χ4v) is 1.89. The van der Waals surface area contributed by atoms with Crippen LogP contribution in [0.4, 0.5) is 0 Å². The van der Waals surface area contributed by atoms with Crippen LogP contribution in [0.15, 0.2) is 12.1 Å². The number of halogens is 1. The summed E-state index contributed by atoms with van der Waals surface area (Å²) in [6.07, 6.45) is 0. The number of hydrogen-bond acceptors (Lipinski definition) is 4. The van der Waals surface area contributed by atoms with Crippen LogP contribution in [0.2, 0.25) is 4.34 Å². The van der Waals surface area contributed by atoms with Gasteiger partial charge in [-0.25, -0.2) is 4.79 Å². The SMILES string of the molecule is CCOC(=O)C(N)c1ccc(Cl)s1. The molecule has 0 fully saturated rings. The molecule has 1 unspecified atom stereocenters. The van der Waals surface area contributed by atoms with Crippen LogP contribution in [0.5, 0.6) is 0 Å². The molecule has 0 saturated carbocycles. The number of carbonyl (C=O) groups is 1.